The molecule has 18 heavy (non-hydrogen) atoms. The third-order valence-corrected chi connectivity index (χ3v) is 4.06. The van der Waals surface area contributed by atoms with E-state index >= 15 is 0 Å². The van der Waals surface area contributed by atoms with Crippen LogP contribution >= 0.6 is 0 Å². The Morgan fingerprint density at radius 3 is 2.61 bits per heavy atom. The van der Waals surface area contributed by atoms with Crippen molar-refractivity contribution in [3.8, 4) is 0 Å². The summed E-state index contributed by atoms with van der Waals surface area (Å²) in [7, 11) is 0. The Morgan fingerprint density at radius 2 is 1.94 bits per heavy atom. The van der Waals surface area contributed by atoms with Gasteiger partial charge in [0.2, 0.25) is 0 Å². The monoisotopic (exact) mass is 246 g/mol. The maximum Gasteiger partial charge on any atom is 0.0537 e. The van der Waals surface area contributed by atoms with Crippen LogP contribution in [0.15, 0.2) is 18.2 Å². The molecule has 1 unspecified atom stereocenters. The first-order chi connectivity index (χ1) is 8.61. The molecule has 1 aromatic rings. The van der Waals surface area contributed by atoms with E-state index < -0.39 is 0 Å². The van der Waals surface area contributed by atoms with Gasteiger partial charge in [-0.25, -0.2) is 0 Å². The average molecular weight is 246 g/mol. The number of fused-ring (bicyclic) bond motifs is 1. The van der Waals surface area contributed by atoms with Gasteiger partial charge in [-0.05, 0) is 41.4 Å². The molecule has 1 aliphatic rings. The first kappa shape index (κ1) is 13.6. The quantitative estimate of drug-likeness (QED) is 0.746. The molecule has 0 radical (unpaired) electrons. The summed E-state index contributed by atoms with van der Waals surface area (Å²) in [6, 6.07) is 6.86. The second-order valence-electron chi connectivity index (χ2n) is 6.10. The second kappa shape index (κ2) is 5.88. The molecule has 0 aliphatic carbocycles. The predicted octanol–water partition coefficient (Wildman–Crippen LogP) is 4.51. The standard InChI is InChI=1S/C17H26O/c1-12(2)15-9-5-7-14-8-6-10-18-11-16(13(3)4)17(14)15/h5,7,9,12-13,16H,6,8,10-11H2,1-4H3. The largest absolute Gasteiger partial charge is 0.381 e. The van der Waals surface area contributed by atoms with Gasteiger partial charge in [0.05, 0.1) is 6.61 Å². The molecule has 0 spiro atoms. The first-order valence-electron chi connectivity index (χ1n) is 7.30. The van der Waals surface area contributed by atoms with Crippen molar-refractivity contribution in [2.45, 2.75) is 52.4 Å². The predicted molar refractivity (Wildman–Crippen MR) is 77.3 cm³/mol. The number of benzene rings is 1. The lowest BCUT2D eigenvalue weighted by Gasteiger charge is -2.30. The molecule has 0 saturated carbocycles. The zero-order valence-corrected chi connectivity index (χ0v) is 12.2. The molecule has 1 aliphatic heterocycles. The van der Waals surface area contributed by atoms with Crippen LogP contribution in [0.25, 0.3) is 0 Å². The Bertz CT molecular complexity index is 393. The normalized spacial score (nSPS) is 20.7. The van der Waals surface area contributed by atoms with Crippen molar-refractivity contribution >= 4 is 0 Å². The van der Waals surface area contributed by atoms with Gasteiger partial charge < -0.3 is 4.74 Å². The van der Waals surface area contributed by atoms with E-state index in [-0.39, 0.29) is 0 Å². The summed E-state index contributed by atoms with van der Waals surface area (Å²) in [6.07, 6.45) is 2.32. The molecular formula is C17H26O. The maximum absolute atomic E-state index is 5.84. The fraction of sp³-hybridized carbons (Fsp3) is 0.647. The van der Waals surface area contributed by atoms with Crippen LogP contribution in [0.5, 0.6) is 0 Å². The highest BCUT2D eigenvalue weighted by Crippen LogP contribution is 2.35. The van der Waals surface area contributed by atoms with Gasteiger partial charge in [-0.15, -0.1) is 0 Å². The highest BCUT2D eigenvalue weighted by molar-refractivity contribution is 5.40. The summed E-state index contributed by atoms with van der Waals surface area (Å²) in [5.41, 5.74) is 4.67. The number of rotatable bonds is 2. The minimum absolute atomic E-state index is 0.555. The van der Waals surface area contributed by atoms with E-state index in [1.165, 1.54) is 12.0 Å². The van der Waals surface area contributed by atoms with Gasteiger partial charge in [0.15, 0.2) is 0 Å². The zero-order chi connectivity index (χ0) is 13.1. The molecule has 1 nitrogen and oxygen atoms in total. The minimum Gasteiger partial charge on any atom is -0.381 e. The number of hydrogen-bond donors (Lipinski definition) is 0. The lowest BCUT2D eigenvalue weighted by molar-refractivity contribution is 0.102. The smallest absolute Gasteiger partial charge is 0.0537 e. The molecule has 0 saturated heterocycles. The Hall–Kier alpha value is -0.820. The molecule has 1 heteroatoms. The molecule has 1 aromatic carbocycles. The van der Waals surface area contributed by atoms with Gasteiger partial charge in [-0.1, -0.05) is 45.9 Å². The lowest BCUT2D eigenvalue weighted by atomic mass is 9.79. The van der Waals surface area contributed by atoms with E-state index in [2.05, 4.69) is 45.9 Å². The fourth-order valence-corrected chi connectivity index (χ4v) is 2.99. The van der Waals surface area contributed by atoms with E-state index in [0.717, 1.165) is 19.6 Å². The second-order valence-corrected chi connectivity index (χ2v) is 6.10. The van der Waals surface area contributed by atoms with E-state index in [1.807, 2.05) is 0 Å². The van der Waals surface area contributed by atoms with E-state index in [4.69, 9.17) is 4.74 Å². The molecule has 0 N–H and O–H groups in total. The van der Waals surface area contributed by atoms with Crippen molar-refractivity contribution in [3.63, 3.8) is 0 Å². The van der Waals surface area contributed by atoms with Crippen LogP contribution in [0, 0.1) is 5.92 Å². The number of ether oxygens (including phenoxy) is 1. The van der Waals surface area contributed by atoms with Crippen LogP contribution in [0.1, 0.15) is 62.6 Å². The van der Waals surface area contributed by atoms with Crippen LogP contribution in [0.3, 0.4) is 0 Å². The molecule has 1 heterocycles. The molecule has 2 rings (SSSR count). The molecule has 0 amide bonds. The Kier molecular flexibility index (Phi) is 4.45. The van der Waals surface area contributed by atoms with Gasteiger partial charge in [0.25, 0.3) is 0 Å². The molecular weight excluding hydrogens is 220 g/mol. The summed E-state index contributed by atoms with van der Waals surface area (Å²) >= 11 is 0. The van der Waals surface area contributed by atoms with Gasteiger partial charge in [-0.3, -0.25) is 0 Å². The third kappa shape index (κ3) is 2.77. The molecule has 0 aromatic heterocycles. The van der Waals surface area contributed by atoms with E-state index in [9.17, 15) is 0 Å². The Balaban J connectivity index is 2.51. The number of aryl methyl sites for hydroxylation is 1. The number of hydrogen-bond acceptors (Lipinski definition) is 1. The zero-order valence-electron chi connectivity index (χ0n) is 12.2. The molecule has 100 valence electrons. The van der Waals surface area contributed by atoms with Crippen molar-refractivity contribution < 1.29 is 4.74 Å². The minimum atomic E-state index is 0.555. The third-order valence-electron chi connectivity index (χ3n) is 4.06. The van der Waals surface area contributed by atoms with Crippen LogP contribution in [0.4, 0.5) is 0 Å². The average Bonchev–Trinajstić information content (AvgIpc) is 2.28. The molecule has 0 bridgehead atoms. The van der Waals surface area contributed by atoms with Crippen LogP contribution in [-0.4, -0.2) is 13.2 Å². The molecule has 1 atom stereocenters. The topological polar surface area (TPSA) is 9.23 Å². The lowest BCUT2D eigenvalue weighted by Crippen LogP contribution is -2.21. The van der Waals surface area contributed by atoms with Crippen molar-refractivity contribution in [1.29, 1.82) is 0 Å². The van der Waals surface area contributed by atoms with Crippen molar-refractivity contribution in [3.05, 3.63) is 34.9 Å². The van der Waals surface area contributed by atoms with E-state index in [1.54, 1.807) is 11.1 Å². The SMILES string of the molecule is CC(C)c1cccc2c1C(C(C)C)COCCC2. The van der Waals surface area contributed by atoms with Crippen LogP contribution < -0.4 is 0 Å². The van der Waals surface area contributed by atoms with E-state index in [0.29, 0.717) is 17.8 Å². The first-order valence-corrected chi connectivity index (χ1v) is 7.30. The molecule has 0 fully saturated rings. The summed E-state index contributed by atoms with van der Waals surface area (Å²) in [4.78, 5) is 0. The summed E-state index contributed by atoms with van der Waals surface area (Å²) in [5, 5.41) is 0. The summed E-state index contributed by atoms with van der Waals surface area (Å²) < 4.78 is 5.84. The van der Waals surface area contributed by atoms with Crippen LogP contribution in [0.2, 0.25) is 0 Å². The van der Waals surface area contributed by atoms with Crippen molar-refractivity contribution in [1.82, 2.24) is 0 Å². The fourth-order valence-electron chi connectivity index (χ4n) is 2.99. The maximum atomic E-state index is 5.84. The van der Waals surface area contributed by atoms with Gasteiger partial charge in [-0.2, -0.15) is 0 Å². The van der Waals surface area contributed by atoms with Crippen molar-refractivity contribution in [2.75, 3.05) is 13.2 Å². The van der Waals surface area contributed by atoms with Crippen molar-refractivity contribution in [2.24, 2.45) is 5.92 Å². The van der Waals surface area contributed by atoms with Gasteiger partial charge in [0, 0.05) is 12.5 Å². The Labute approximate surface area is 112 Å². The van der Waals surface area contributed by atoms with Gasteiger partial charge >= 0.3 is 0 Å². The van der Waals surface area contributed by atoms with Crippen LogP contribution in [-0.2, 0) is 11.2 Å². The summed E-state index contributed by atoms with van der Waals surface area (Å²) in [6.45, 7) is 11.0. The summed E-state index contributed by atoms with van der Waals surface area (Å²) in [5.74, 6) is 1.79. The highest BCUT2D eigenvalue weighted by Gasteiger charge is 2.24. The highest BCUT2D eigenvalue weighted by atomic mass is 16.5. The Morgan fingerprint density at radius 1 is 1.17 bits per heavy atom. The van der Waals surface area contributed by atoms with Gasteiger partial charge in [0.1, 0.15) is 0 Å².